The molecule has 0 bridgehead atoms. The van der Waals surface area contributed by atoms with Crippen LogP contribution in [0.4, 0.5) is 0 Å². The maximum absolute atomic E-state index is 12.0. The first-order chi connectivity index (χ1) is 13.4. The molecule has 1 unspecified atom stereocenters. The molecule has 1 saturated heterocycles. The predicted octanol–water partition coefficient (Wildman–Crippen LogP) is 0.486. The Balaban J connectivity index is 1.72. The Bertz CT molecular complexity index is 763. The fraction of sp³-hybridized carbons (Fsp3) is 0.579. The number of sulfone groups is 1. The number of hydrogen-bond donors (Lipinski definition) is 3. The predicted molar refractivity (Wildman–Crippen MR) is 110 cm³/mol. The van der Waals surface area contributed by atoms with Crippen LogP contribution in [0.5, 0.6) is 5.75 Å². The van der Waals surface area contributed by atoms with Crippen LogP contribution in [-0.2, 0) is 21.1 Å². The van der Waals surface area contributed by atoms with Gasteiger partial charge in [-0.25, -0.2) is 8.42 Å². The first-order valence-corrected chi connectivity index (χ1v) is 11.4. The number of ether oxygens (including phenoxy) is 1. The van der Waals surface area contributed by atoms with Crippen molar-refractivity contribution in [1.29, 1.82) is 0 Å². The van der Waals surface area contributed by atoms with Crippen molar-refractivity contribution in [3.8, 4) is 5.75 Å². The maximum Gasteiger partial charge on any atom is 0.222 e. The van der Waals surface area contributed by atoms with Crippen LogP contribution < -0.4 is 20.7 Å². The highest BCUT2D eigenvalue weighted by atomic mass is 32.2. The summed E-state index contributed by atoms with van der Waals surface area (Å²) in [7, 11) is -1.34. The molecule has 28 heavy (non-hydrogen) atoms. The van der Waals surface area contributed by atoms with Crippen LogP contribution in [0.3, 0.4) is 0 Å². The highest BCUT2D eigenvalue weighted by molar-refractivity contribution is 7.91. The lowest BCUT2D eigenvalue weighted by atomic mass is 10.1. The van der Waals surface area contributed by atoms with Crippen LogP contribution in [0.15, 0.2) is 29.3 Å². The maximum atomic E-state index is 12.0. The fourth-order valence-corrected chi connectivity index (χ4v) is 4.61. The minimum atomic E-state index is -2.99. The van der Waals surface area contributed by atoms with Crippen molar-refractivity contribution in [2.45, 2.75) is 32.2 Å². The number of aliphatic imine (C=N–C) groups is 1. The smallest absolute Gasteiger partial charge is 0.222 e. The summed E-state index contributed by atoms with van der Waals surface area (Å²) < 4.78 is 28.0. The van der Waals surface area contributed by atoms with E-state index in [1.165, 1.54) is 5.56 Å². The summed E-state index contributed by atoms with van der Waals surface area (Å²) >= 11 is 0. The second-order valence-corrected chi connectivity index (χ2v) is 8.93. The lowest BCUT2D eigenvalue weighted by Gasteiger charge is -2.12. The monoisotopic (exact) mass is 410 g/mol. The van der Waals surface area contributed by atoms with Crippen LogP contribution in [0.2, 0.25) is 0 Å². The molecule has 1 aliphatic heterocycles. The number of methoxy groups -OCH3 is 1. The molecule has 1 atom stereocenters. The quantitative estimate of drug-likeness (QED) is 0.404. The number of rotatable bonds is 9. The minimum Gasteiger partial charge on any atom is -0.497 e. The van der Waals surface area contributed by atoms with Gasteiger partial charge in [0.15, 0.2) is 15.8 Å². The third kappa shape index (κ3) is 7.75. The summed E-state index contributed by atoms with van der Waals surface area (Å²) in [6.07, 6.45) is 1.56. The van der Waals surface area contributed by atoms with E-state index < -0.39 is 9.84 Å². The summed E-state index contributed by atoms with van der Waals surface area (Å²) in [5.74, 6) is 1.52. The topological polar surface area (TPSA) is 109 Å². The van der Waals surface area contributed by atoms with Crippen molar-refractivity contribution in [3.63, 3.8) is 0 Å². The van der Waals surface area contributed by atoms with Gasteiger partial charge in [-0.1, -0.05) is 12.1 Å². The lowest BCUT2D eigenvalue weighted by molar-refractivity contribution is -0.121. The number of carbonyl (C=O) groups is 1. The Hall–Kier alpha value is -2.29. The Morgan fingerprint density at radius 2 is 2.00 bits per heavy atom. The fourth-order valence-electron chi connectivity index (χ4n) is 2.94. The molecule has 0 aromatic heterocycles. The highest BCUT2D eigenvalue weighted by Gasteiger charge is 2.28. The molecule has 156 valence electrons. The summed E-state index contributed by atoms with van der Waals surface area (Å²) in [6.45, 7) is 3.75. The standard InChI is InChI=1S/C19H30N4O4S/c1-3-20-19(21-11-8-15-4-6-17(27-2)7-5-15)22-12-9-18(24)23-16-10-13-28(25,26)14-16/h4-7,16H,3,8-14H2,1-2H3,(H,23,24)(H2,20,21,22). The summed E-state index contributed by atoms with van der Waals surface area (Å²) in [5, 5.41) is 9.18. The molecular weight excluding hydrogens is 380 g/mol. The molecule has 1 fully saturated rings. The zero-order chi connectivity index (χ0) is 20.4. The van der Waals surface area contributed by atoms with Crippen molar-refractivity contribution < 1.29 is 17.9 Å². The van der Waals surface area contributed by atoms with Crippen LogP contribution >= 0.6 is 0 Å². The van der Waals surface area contributed by atoms with Crippen molar-refractivity contribution in [3.05, 3.63) is 29.8 Å². The van der Waals surface area contributed by atoms with Crippen molar-refractivity contribution in [2.24, 2.45) is 4.99 Å². The van der Waals surface area contributed by atoms with Gasteiger partial charge in [0.25, 0.3) is 0 Å². The van der Waals surface area contributed by atoms with Gasteiger partial charge < -0.3 is 20.7 Å². The van der Waals surface area contributed by atoms with E-state index in [0.717, 1.165) is 18.7 Å². The highest BCUT2D eigenvalue weighted by Crippen LogP contribution is 2.12. The number of carbonyl (C=O) groups excluding carboxylic acids is 1. The molecule has 2 rings (SSSR count). The van der Waals surface area contributed by atoms with Gasteiger partial charge in [0, 0.05) is 25.6 Å². The van der Waals surface area contributed by atoms with Crippen LogP contribution in [0.25, 0.3) is 0 Å². The molecule has 1 aromatic rings. The van der Waals surface area contributed by atoms with Crippen LogP contribution in [0.1, 0.15) is 25.3 Å². The second-order valence-electron chi connectivity index (χ2n) is 6.70. The largest absolute Gasteiger partial charge is 0.497 e. The van der Waals surface area contributed by atoms with Gasteiger partial charge in [-0.2, -0.15) is 0 Å². The normalized spacial score (nSPS) is 18.5. The zero-order valence-electron chi connectivity index (χ0n) is 16.5. The number of benzene rings is 1. The van der Waals surface area contributed by atoms with E-state index in [1.54, 1.807) is 7.11 Å². The van der Waals surface area contributed by atoms with Crippen molar-refractivity contribution >= 4 is 21.7 Å². The summed E-state index contributed by atoms with van der Waals surface area (Å²) in [6, 6.07) is 7.65. The molecule has 1 heterocycles. The molecule has 1 aliphatic rings. The number of amides is 1. The van der Waals surface area contributed by atoms with Gasteiger partial charge in [0.2, 0.25) is 5.91 Å². The van der Waals surface area contributed by atoms with E-state index in [1.807, 2.05) is 31.2 Å². The van der Waals surface area contributed by atoms with E-state index >= 15 is 0 Å². The van der Waals surface area contributed by atoms with E-state index in [0.29, 0.717) is 25.5 Å². The average Bonchev–Trinajstić information content (AvgIpc) is 3.00. The summed E-state index contributed by atoms with van der Waals surface area (Å²) in [5.41, 5.74) is 1.19. The van der Waals surface area contributed by atoms with Crippen molar-refractivity contribution in [2.75, 3.05) is 38.2 Å². The van der Waals surface area contributed by atoms with Crippen molar-refractivity contribution in [1.82, 2.24) is 16.0 Å². The number of guanidine groups is 1. The van der Waals surface area contributed by atoms with E-state index in [-0.39, 0.29) is 29.9 Å². The molecule has 0 radical (unpaired) electrons. The molecule has 1 amide bonds. The Morgan fingerprint density at radius 1 is 1.25 bits per heavy atom. The number of nitrogens with zero attached hydrogens (tertiary/aromatic N) is 1. The first kappa shape index (κ1) is 22.0. The van der Waals surface area contributed by atoms with E-state index in [4.69, 9.17) is 4.74 Å². The molecule has 0 aliphatic carbocycles. The van der Waals surface area contributed by atoms with Gasteiger partial charge in [0.05, 0.1) is 25.2 Å². The van der Waals surface area contributed by atoms with Crippen LogP contribution in [0, 0.1) is 0 Å². The molecule has 9 heteroatoms. The van der Waals surface area contributed by atoms with Gasteiger partial charge in [0.1, 0.15) is 5.75 Å². The lowest BCUT2D eigenvalue weighted by Crippen LogP contribution is -2.39. The summed E-state index contributed by atoms with van der Waals surface area (Å²) in [4.78, 5) is 16.4. The molecule has 1 aromatic carbocycles. The SMILES string of the molecule is CCNC(=NCCC(=O)NC1CCS(=O)(=O)C1)NCCc1ccc(OC)cc1. The second kappa shape index (κ2) is 10.9. The molecule has 0 saturated carbocycles. The first-order valence-electron chi connectivity index (χ1n) is 9.56. The van der Waals surface area contributed by atoms with Gasteiger partial charge in [-0.15, -0.1) is 0 Å². The number of nitrogens with one attached hydrogen (secondary N) is 3. The Morgan fingerprint density at radius 3 is 2.61 bits per heavy atom. The van der Waals surface area contributed by atoms with E-state index in [9.17, 15) is 13.2 Å². The van der Waals surface area contributed by atoms with E-state index in [2.05, 4.69) is 20.9 Å². The minimum absolute atomic E-state index is 0.0393. The number of hydrogen-bond acceptors (Lipinski definition) is 5. The zero-order valence-corrected chi connectivity index (χ0v) is 17.3. The third-order valence-corrected chi connectivity index (χ3v) is 6.18. The van der Waals surface area contributed by atoms with Gasteiger partial charge in [-0.05, 0) is 37.5 Å². The molecule has 8 nitrogen and oxygen atoms in total. The average molecular weight is 411 g/mol. The Kier molecular flexibility index (Phi) is 8.56. The van der Waals surface area contributed by atoms with Crippen LogP contribution in [-0.4, -0.2) is 64.6 Å². The van der Waals surface area contributed by atoms with Gasteiger partial charge >= 0.3 is 0 Å². The molecular formula is C19H30N4O4S. The molecule has 0 spiro atoms. The van der Waals surface area contributed by atoms with Gasteiger partial charge in [-0.3, -0.25) is 9.79 Å². The molecule has 3 N–H and O–H groups in total. The third-order valence-electron chi connectivity index (χ3n) is 4.42. The Labute approximate surface area is 167 Å².